The first-order chi connectivity index (χ1) is 6.22. The smallest absolute Gasteiger partial charge is 0.330 e. The predicted molar refractivity (Wildman–Crippen MR) is 61.1 cm³/mol. The zero-order chi connectivity index (χ0) is 11.8. The number of rotatable bonds is 1. The van der Waals surface area contributed by atoms with E-state index in [9.17, 15) is 4.79 Å². The van der Waals surface area contributed by atoms with Crippen LogP contribution in [0.25, 0.3) is 0 Å². The van der Waals surface area contributed by atoms with Crippen molar-refractivity contribution in [3.63, 3.8) is 0 Å². The van der Waals surface area contributed by atoms with Crippen molar-refractivity contribution in [2.45, 2.75) is 47.1 Å². The van der Waals surface area contributed by atoms with Crippen LogP contribution in [0.2, 0.25) is 0 Å². The molecule has 0 saturated heterocycles. The van der Waals surface area contributed by atoms with Crippen LogP contribution in [0.5, 0.6) is 0 Å². The molecule has 2 nitrogen and oxygen atoms in total. The molecule has 0 N–H and O–H groups in total. The highest BCUT2D eigenvalue weighted by molar-refractivity contribution is 5.81. The molecule has 0 aliphatic carbocycles. The number of carbonyl (C=O) groups excluding carboxylic acids is 1. The lowest BCUT2D eigenvalue weighted by molar-refractivity contribution is -0.148. The largest absolute Gasteiger partial charge is 0.457 e. The molecule has 82 valence electrons. The van der Waals surface area contributed by atoms with Crippen molar-refractivity contribution in [2.24, 2.45) is 0 Å². The molecular formula is C12H22O2. The van der Waals surface area contributed by atoms with Gasteiger partial charge in [0.1, 0.15) is 5.60 Å². The van der Waals surface area contributed by atoms with E-state index in [1.54, 1.807) is 0 Å². The van der Waals surface area contributed by atoms with Crippen LogP contribution >= 0.6 is 0 Å². The third-order valence-corrected chi connectivity index (χ3v) is 1.15. The van der Waals surface area contributed by atoms with Gasteiger partial charge in [0.2, 0.25) is 0 Å². The normalized spacial score (nSPS) is 9.29. The quantitative estimate of drug-likeness (QED) is 0.366. The van der Waals surface area contributed by atoms with Crippen LogP contribution in [0.3, 0.4) is 0 Å². The highest BCUT2D eigenvalue weighted by atomic mass is 16.6. The van der Waals surface area contributed by atoms with Crippen molar-refractivity contribution in [3.8, 4) is 0 Å². The molecule has 0 amide bonds. The van der Waals surface area contributed by atoms with Gasteiger partial charge in [0.05, 0.1) is 0 Å². The average molecular weight is 198 g/mol. The first-order valence-electron chi connectivity index (χ1n) is 4.68. The Labute approximate surface area is 87.7 Å². The summed E-state index contributed by atoms with van der Waals surface area (Å²) in [7, 11) is 0. The summed E-state index contributed by atoms with van der Waals surface area (Å²) in [6, 6.07) is 0. The van der Waals surface area contributed by atoms with Gasteiger partial charge >= 0.3 is 5.97 Å². The number of ether oxygens (including phenoxy) is 1. The van der Waals surface area contributed by atoms with E-state index in [0.717, 1.165) is 6.08 Å². The second-order valence-electron chi connectivity index (χ2n) is 4.10. The van der Waals surface area contributed by atoms with Crippen molar-refractivity contribution in [1.82, 2.24) is 0 Å². The van der Waals surface area contributed by atoms with Crippen LogP contribution in [0.15, 0.2) is 24.3 Å². The minimum Gasteiger partial charge on any atom is -0.457 e. The Morgan fingerprint density at radius 3 is 1.71 bits per heavy atom. The second-order valence-corrected chi connectivity index (χ2v) is 4.10. The highest BCUT2D eigenvalue weighted by Crippen LogP contribution is 2.06. The van der Waals surface area contributed by atoms with Crippen molar-refractivity contribution >= 4 is 5.97 Å². The summed E-state index contributed by atoms with van der Waals surface area (Å²) in [5.41, 5.74) is 0.982. The van der Waals surface area contributed by atoms with Crippen molar-refractivity contribution in [2.75, 3.05) is 0 Å². The Morgan fingerprint density at radius 2 is 1.64 bits per heavy atom. The zero-order valence-corrected chi connectivity index (χ0v) is 10.2. The predicted octanol–water partition coefficient (Wildman–Crippen LogP) is 3.49. The third kappa shape index (κ3) is 17.2. The summed E-state index contributed by atoms with van der Waals surface area (Å²) < 4.78 is 4.83. The lowest BCUT2D eigenvalue weighted by Crippen LogP contribution is -2.22. The van der Waals surface area contributed by atoms with Crippen molar-refractivity contribution in [3.05, 3.63) is 24.3 Å². The molecule has 0 saturated carbocycles. The van der Waals surface area contributed by atoms with Crippen LogP contribution in [-0.2, 0) is 9.53 Å². The van der Waals surface area contributed by atoms with Gasteiger partial charge in [0.25, 0.3) is 0 Å². The summed E-state index contributed by atoms with van der Waals surface area (Å²) in [5.74, 6) is -0.373. The molecule has 0 aromatic heterocycles. The monoisotopic (exact) mass is 198 g/mol. The Hall–Kier alpha value is -1.05. The minimum atomic E-state index is -0.398. The van der Waals surface area contributed by atoms with Gasteiger partial charge in [-0.25, -0.2) is 4.79 Å². The Kier molecular flexibility index (Phi) is 8.11. The first-order valence-corrected chi connectivity index (χ1v) is 4.68. The summed E-state index contributed by atoms with van der Waals surface area (Å²) >= 11 is 0. The van der Waals surface area contributed by atoms with Crippen molar-refractivity contribution < 1.29 is 9.53 Å². The second kappa shape index (κ2) is 7.36. The molecule has 0 aromatic carbocycles. The van der Waals surface area contributed by atoms with Crippen LogP contribution in [0, 0.1) is 0 Å². The number of allylic oxidation sites excluding steroid dienone is 2. The van der Waals surface area contributed by atoms with E-state index in [2.05, 4.69) is 26.5 Å². The van der Waals surface area contributed by atoms with Crippen molar-refractivity contribution in [1.29, 1.82) is 0 Å². The van der Waals surface area contributed by atoms with Crippen LogP contribution in [0.4, 0.5) is 0 Å². The molecule has 0 spiro atoms. The molecule has 0 unspecified atom stereocenters. The van der Waals surface area contributed by atoms with Gasteiger partial charge in [-0.15, -0.1) is 0 Å². The maximum Gasteiger partial charge on any atom is 0.330 e. The fraction of sp³-hybridized carbons (Fsp3) is 0.583. The average Bonchev–Trinajstić information content (AvgIpc) is 2.02. The maximum atomic E-state index is 10.5. The Bertz CT molecular complexity index is 203. The molecule has 0 heterocycles. The van der Waals surface area contributed by atoms with Gasteiger partial charge < -0.3 is 4.74 Å². The zero-order valence-electron chi connectivity index (χ0n) is 10.2. The topological polar surface area (TPSA) is 26.3 Å². The van der Waals surface area contributed by atoms with Gasteiger partial charge in [-0.3, -0.25) is 0 Å². The van der Waals surface area contributed by atoms with E-state index >= 15 is 0 Å². The summed E-state index contributed by atoms with van der Waals surface area (Å²) in [6.07, 6.45) is 3.24. The molecule has 0 rings (SSSR count). The first kappa shape index (κ1) is 15.4. The lowest BCUT2D eigenvalue weighted by Gasteiger charge is -2.17. The number of hydrogen-bond acceptors (Lipinski definition) is 2. The molecule has 0 radical (unpaired) electrons. The van der Waals surface area contributed by atoms with Gasteiger partial charge in [-0.2, -0.15) is 0 Å². The molecule has 0 bridgehead atoms. The Morgan fingerprint density at radius 1 is 1.29 bits per heavy atom. The van der Waals surface area contributed by atoms with E-state index in [0.29, 0.717) is 0 Å². The van der Waals surface area contributed by atoms with E-state index in [1.165, 1.54) is 5.57 Å². The lowest BCUT2D eigenvalue weighted by atomic mass is 10.2. The summed E-state index contributed by atoms with van der Waals surface area (Å²) in [6.45, 7) is 14.9. The standard InChI is InChI=1S/C7H12O2.C5H10/c1-5-6(8)9-7(2,3)4;1-4-5(2)3/h5H,1H2,2-4H3;4H,1-3H3. The van der Waals surface area contributed by atoms with E-state index in [1.807, 2.05) is 27.7 Å². The van der Waals surface area contributed by atoms with Crippen LogP contribution in [-0.4, -0.2) is 11.6 Å². The van der Waals surface area contributed by atoms with E-state index < -0.39 is 5.60 Å². The number of hydrogen-bond donors (Lipinski definition) is 0. The maximum absolute atomic E-state index is 10.5. The highest BCUT2D eigenvalue weighted by Gasteiger charge is 2.12. The molecule has 0 fully saturated rings. The van der Waals surface area contributed by atoms with Gasteiger partial charge in [-0.1, -0.05) is 18.2 Å². The van der Waals surface area contributed by atoms with Crippen LogP contribution in [0.1, 0.15) is 41.5 Å². The molecule has 0 atom stereocenters. The SMILES string of the molecule is C=CC(=O)OC(C)(C)C.CC=C(C)C. The summed E-state index contributed by atoms with van der Waals surface area (Å²) in [4.78, 5) is 10.5. The fourth-order valence-electron chi connectivity index (χ4n) is 0.343. The fourth-order valence-corrected chi connectivity index (χ4v) is 0.343. The van der Waals surface area contributed by atoms with Crippen LogP contribution < -0.4 is 0 Å². The Balaban J connectivity index is 0. The molecule has 2 heteroatoms. The number of carbonyl (C=O) groups is 1. The molecule has 0 aromatic rings. The van der Waals surface area contributed by atoms with Gasteiger partial charge in [-0.05, 0) is 41.5 Å². The summed E-state index contributed by atoms with van der Waals surface area (Å²) in [5, 5.41) is 0. The van der Waals surface area contributed by atoms with E-state index in [4.69, 9.17) is 4.74 Å². The minimum absolute atomic E-state index is 0.373. The molecule has 0 aliphatic rings. The third-order valence-electron chi connectivity index (χ3n) is 1.15. The van der Waals surface area contributed by atoms with E-state index in [-0.39, 0.29) is 5.97 Å². The molecule has 14 heavy (non-hydrogen) atoms. The van der Waals surface area contributed by atoms with Gasteiger partial charge in [0.15, 0.2) is 0 Å². The molecule has 0 aliphatic heterocycles. The number of esters is 1. The van der Waals surface area contributed by atoms with Gasteiger partial charge in [0, 0.05) is 6.08 Å². The molecular weight excluding hydrogens is 176 g/mol.